The van der Waals surface area contributed by atoms with Crippen LogP contribution in [0.3, 0.4) is 0 Å². The Hall–Kier alpha value is -3.80. The van der Waals surface area contributed by atoms with Gasteiger partial charge in [-0.05, 0) is 22.9 Å². The molecule has 6 nitrogen and oxygen atoms in total. The maximum Gasteiger partial charge on any atom is 0.247 e. The largest absolute Gasteiger partial charge is 0.307 e. The quantitative estimate of drug-likeness (QED) is 0.434. The first kappa shape index (κ1) is 17.3. The van der Waals surface area contributed by atoms with Crippen LogP contribution in [0, 0.1) is 0 Å². The third kappa shape index (κ3) is 3.18. The first-order valence-corrected chi connectivity index (χ1v) is 9.63. The molecule has 0 radical (unpaired) electrons. The van der Waals surface area contributed by atoms with Crippen molar-refractivity contribution in [3.63, 3.8) is 0 Å². The van der Waals surface area contributed by atoms with Gasteiger partial charge in [-0.3, -0.25) is 5.10 Å². The average molecular weight is 380 g/mol. The van der Waals surface area contributed by atoms with Crippen molar-refractivity contribution in [3.8, 4) is 11.4 Å². The van der Waals surface area contributed by atoms with Gasteiger partial charge in [0, 0.05) is 16.9 Å². The van der Waals surface area contributed by atoms with E-state index in [9.17, 15) is 0 Å². The Morgan fingerprint density at radius 1 is 0.793 bits per heavy atom. The van der Waals surface area contributed by atoms with Gasteiger partial charge in [-0.25, -0.2) is 9.97 Å². The smallest absolute Gasteiger partial charge is 0.247 e. The Kier molecular flexibility index (Phi) is 4.17. The number of nitrogens with one attached hydrogen (secondary N) is 2. The normalized spacial score (nSPS) is 11.4. The maximum atomic E-state index is 4.85. The van der Waals surface area contributed by atoms with E-state index in [1.54, 1.807) is 0 Å². The molecule has 6 heteroatoms. The van der Waals surface area contributed by atoms with E-state index < -0.39 is 0 Å². The third-order valence-electron chi connectivity index (χ3n) is 4.91. The second-order valence-electron chi connectivity index (χ2n) is 7.26. The van der Waals surface area contributed by atoms with Crippen LogP contribution < -0.4 is 5.32 Å². The van der Waals surface area contributed by atoms with E-state index in [1.807, 2.05) is 42.5 Å². The number of rotatable bonds is 4. The van der Waals surface area contributed by atoms with Gasteiger partial charge < -0.3 is 5.32 Å². The standard InChI is InChI=1S/C23H20N6/c1-14(2)20-26-23(29-28-20)27-22-18-11-5-6-13-19(18)24-21(25-22)17-12-7-9-15-8-3-4-10-16(15)17/h3-14H,1-2H3,(H2,24,25,26,27,28,29). The average Bonchev–Trinajstić information content (AvgIpc) is 3.22. The zero-order valence-electron chi connectivity index (χ0n) is 16.2. The Balaban J connectivity index is 1.67. The highest BCUT2D eigenvalue weighted by molar-refractivity contribution is 5.97. The molecule has 0 spiro atoms. The van der Waals surface area contributed by atoms with Gasteiger partial charge in [0.05, 0.1) is 5.52 Å². The lowest BCUT2D eigenvalue weighted by atomic mass is 10.0. The van der Waals surface area contributed by atoms with Crippen LogP contribution in [-0.4, -0.2) is 25.1 Å². The summed E-state index contributed by atoms with van der Waals surface area (Å²) in [5.74, 6) is 2.96. The number of aromatic amines is 1. The Bertz CT molecular complexity index is 1320. The second-order valence-corrected chi connectivity index (χ2v) is 7.26. The molecule has 5 rings (SSSR count). The van der Waals surface area contributed by atoms with Gasteiger partial charge in [0.25, 0.3) is 0 Å². The predicted octanol–water partition coefficient (Wildman–Crippen LogP) is 5.44. The molecule has 0 amide bonds. The van der Waals surface area contributed by atoms with Crippen LogP contribution in [0.5, 0.6) is 0 Å². The van der Waals surface area contributed by atoms with E-state index in [0.29, 0.717) is 17.6 Å². The number of hydrogen-bond acceptors (Lipinski definition) is 5. The Labute approximate surface area is 168 Å². The molecule has 0 saturated carbocycles. The van der Waals surface area contributed by atoms with Gasteiger partial charge in [-0.1, -0.05) is 68.4 Å². The summed E-state index contributed by atoms with van der Waals surface area (Å²) in [4.78, 5) is 14.2. The molecule has 0 saturated heterocycles. The van der Waals surface area contributed by atoms with E-state index in [0.717, 1.165) is 33.1 Å². The van der Waals surface area contributed by atoms with Gasteiger partial charge in [0.1, 0.15) is 11.6 Å². The van der Waals surface area contributed by atoms with Crippen LogP contribution in [0.2, 0.25) is 0 Å². The first-order valence-electron chi connectivity index (χ1n) is 9.63. The zero-order chi connectivity index (χ0) is 19.8. The van der Waals surface area contributed by atoms with Crippen LogP contribution in [0.4, 0.5) is 11.8 Å². The van der Waals surface area contributed by atoms with Crippen molar-refractivity contribution in [1.82, 2.24) is 25.1 Å². The SMILES string of the molecule is CC(C)c1nc(Nc2nc(-c3cccc4ccccc34)nc3ccccc23)n[nH]1. The van der Waals surface area contributed by atoms with Gasteiger partial charge >= 0.3 is 0 Å². The van der Waals surface area contributed by atoms with Crippen molar-refractivity contribution in [3.05, 3.63) is 72.6 Å². The fourth-order valence-corrected chi connectivity index (χ4v) is 3.41. The summed E-state index contributed by atoms with van der Waals surface area (Å²) in [5.41, 5.74) is 1.86. The van der Waals surface area contributed by atoms with Gasteiger partial charge in [0.2, 0.25) is 5.95 Å². The summed E-state index contributed by atoms with van der Waals surface area (Å²) in [7, 11) is 0. The van der Waals surface area contributed by atoms with Gasteiger partial charge in [-0.2, -0.15) is 4.98 Å². The lowest BCUT2D eigenvalue weighted by Gasteiger charge is -2.10. The van der Waals surface area contributed by atoms with E-state index in [2.05, 4.69) is 58.6 Å². The number of anilines is 2. The molecule has 0 aliphatic rings. The van der Waals surface area contributed by atoms with Crippen molar-refractivity contribution in [2.45, 2.75) is 19.8 Å². The number of para-hydroxylation sites is 1. The monoisotopic (exact) mass is 380 g/mol. The molecule has 2 aromatic heterocycles. The van der Waals surface area contributed by atoms with Crippen molar-refractivity contribution in [1.29, 1.82) is 0 Å². The number of H-pyrrole nitrogens is 1. The zero-order valence-corrected chi connectivity index (χ0v) is 16.2. The minimum atomic E-state index is 0.270. The summed E-state index contributed by atoms with van der Waals surface area (Å²) < 4.78 is 0. The summed E-state index contributed by atoms with van der Waals surface area (Å²) in [6, 6.07) is 22.4. The molecular formula is C23H20N6. The highest BCUT2D eigenvalue weighted by Crippen LogP contribution is 2.30. The molecule has 0 aliphatic heterocycles. The number of hydrogen-bond donors (Lipinski definition) is 2. The minimum absolute atomic E-state index is 0.270. The van der Waals surface area contributed by atoms with Crippen molar-refractivity contribution < 1.29 is 0 Å². The molecular weight excluding hydrogens is 360 g/mol. The minimum Gasteiger partial charge on any atom is -0.307 e. The van der Waals surface area contributed by atoms with Crippen LogP contribution in [-0.2, 0) is 0 Å². The fourth-order valence-electron chi connectivity index (χ4n) is 3.41. The molecule has 0 unspecified atom stereocenters. The van der Waals surface area contributed by atoms with Crippen LogP contribution in [0.25, 0.3) is 33.1 Å². The molecule has 0 aliphatic carbocycles. The first-order chi connectivity index (χ1) is 14.2. The van der Waals surface area contributed by atoms with Gasteiger partial charge in [0.15, 0.2) is 5.82 Å². The molecule has 142 valence electrons. The molecule has 2 heterocycles. The fraction of sp³-hybridized carbons (Fsp3) is 0.130. The summed E-state index contributed by atoms with van der Waals surface area (Å²) in [6.07, 6.45) is 0. The lowest BCUT2D eigenvalue weighted by Crippen LogP contribution is -2.01. The predicted molar refractivity (Wildman–Crippen MR) is 116 cm³/mol. The molecule has 5 aromatic rings. The molecule has 3 aromatic carbocycles. The summed E-state index contributed by atoms with van der Waals surface area (Å²) in [6.45, 7) is 4.14. The molecule has 2 N–H and O–H groups in total. The highest BCUT2D eigenvalue weighted by Gasteiger charge is 2.14. The molecule has 29 heavy (non-hydrogen) atoms. The highest BCUT2D eigenvalue weighted by atomic mass is 15.3. The number of fused-ring (bicyclic) bond motifs is 2. The summed E-state index contributed by atoms with van der Waals surface area (Å²) >= 11 is 0. The maximum absolute atomic E-state index is 4.85. The van der Waals surface area contributed by atoms with Crippen molar-refractivity contribution >= 4 is 33.4 Å². The molecule has 0 bridgehead atoms. The van der Waals surface area contributed by atoms with Crippen LogP contribution >= 0.6 is 0 Å². The van der Waals surface area contributed by atoms with E-state index in [-0.39, 0.29) is 5.92 Å². The Morgan fingerprint density at radius 2 is 1.55 bits per heavy atom. The van der Waals surface area contributed by atoms with E-state index >= 15 is 0 Å². The topological polar surface area (TPSA) is 79.4 Å². The number of nitrogens with zero attached hydrogens (tertiary/aromatic N) is 4. The summed E-state index contributed by atoms with van der Waals surface area (Å²) in [5, 5.41) is 13.7. The van der Waals surface area contributed by atoms with Crippen LogP contribution in [0.1, 0.15) is 25.6 Å². The molecule has 0 fully saturated rings. The number of benzene rings is 3. The number of aromatic nitrogens is 5. The van der Waals surface area contributed by atoms with E-state index in [4.69, 9.17) is 9.97 Å². The lowest BCUT2D eigenvalue weighted by molar-refractivity contribution is 0.781. The second kappa shape index (κ2) is 6.98. The van der Waals surface area contributed by atoms with Crippen LogP contribution in [0.15, 0.2) is 66.7 Å². The van der Waals surface area contributed by atoms with Crippen molar-refractivity contribution in [2.24, 2.45) is 0 Å². The molecule has 0 atom stereocenters. The van der Waals surface area contributed by atoms with E-state index in [1.165, 1.54) is 0 Å². The van der Waals surface area contributed by atoms with Crippen molar-refractivity contribution in [2.75, 3.05) is 5.32 Å². The van der Waals surface area contributed by atoms with Gasteiger partial charge in [-0.15, -0.1) is 5.10 Å². The third-order valence-corrected chi connectivity index (χ3v) is 4.91. The Morgan fingerprint density at radius 3 is 2.38 bits per heavy atom.